The summed E-state index contributed by atoms with van der Waals surface area (Å²) in [7, 11) is -3.71. The maximum atomic E-state index is 12.0. The van der Waals surface area contributed by atoms with E-state index in [1.807, 2.05) is 6.92 Å². The van der Waals surface area contributed by atoms with Crippen LogP contribution in [0.5, 0.6) is 0 Å². The molecule has 0 aromatic heterocycles. The summed E-state index contributed by atoms with van der Waals surface area (Å²) >= 11 is 0. The van der Waals surface area contributed by atoms with Gasteiger partial charge in [0, 0.05) is 12.2 Å². The van der Waals surface area contributed by atoms with E-state index in [1.54, 1.807) is 0 Å². The minimum absolute atomic E-state index is 0.0804. The molecule has 0 aliphatic carbocycles. The number of sulfonamides is 1. The number of hydrogen-bond donors (Lipinski definition) is 3. The van der Waals surface area contributed by atoms with Gasteiger partial charge in [0.2, 0.25) is 15.9 Å². The lowest BCUT2D eigenvalue weighted by Gasteiger charge is -2.14. The van der Waals surface area contributed by atoms with Crippen molar-refractivity contribution < 1.29 is 13.2 Å². The number of amides is 1. The van der Waals surface area contributed by atoms with Crippen molar-refractivity contribution in [2.75, 3.05) is 12.3 Å². The fraction of sp³-hybridized carbons (Fsp3) is 0.417. The summed E-state index contributed by atoms with van der Waals surface area (Å²) in [4.78, 5) is 11.7. The Kier molecular flexibility index (Phi) is 5.31. The molecule has 0 fully saturated rings. The molecule has 1 rings (SSSR count). The number of carbonyl (C=O) groups is 1. The maximum absolute atomic E-state index is 12.0. The molecule has 106 valence electrons. The lowest BCUT2D eigenvalue weighted by Crippen LogP contribution is -2.44. The molecule has 1 unspecified atom stereocenters. The average molecular weight is 285 g/mol. The number of carbonyl (C=O) groups excluding carboxylic acids is 1. The zero-order valence-corrected chi connectivity index (χ0v) is 11.8. The van der Waals surface area contributed by atoms with Gasteiger partial charge in [0.15, 0.2) is 0 Å². The first-order valence-electron chi connectivity index (χ1n) is 6.02. The van der Waals surface area contributed by atoms with E-state index in [0.29, 0.717) is 12.2 Å². The standard InChI is InChI=1S/C12H19N3O3S/c1-3-8-14-12(16)9(2)15-19(17,18)11-6-4-10(13)5-7-11/h4-7,9,15H,3,8,13H2,1-2H3,(H,14,16). The van der Waals surface area contributed by atoms with Crippen LogP contribution in [0.1, 0.15) is 20.3 Å². The van der Waals surface area contributed by atoms with Crippen LogP contribution in [0.15, 0.2) is 29.2 Å². The Morgan fingerprint density at radius 2 is 1.89 bits per heavy atom. The van der Waals surface area contributed by atoms with Crippen molar-refractivity contribution in [1.29, 1.82) is 0 Å². The van der Waals surface area contributed by atoms with Gasteiger partial charge in [-0.1, -0.05) is 6.92 Å². The predicted octanol–water partition coefficient (Wildman–Crippen LogP) is 0.462. The van der Waals surface area contributed by atoms with E-state index in [-0.39, 0.29) is 10.8 Å². The Bertz CT molecular complexity index is 526. The van der Waals surface area contributed by atoms with Crippen LogP contribution in [0.4, 0.5) is 5.69 Å². The quantitative estimate of drug-likeness (QED) is 0.661. The van der Waals surface area contributed by atoms with Crippen molar-refractivity contribution in [3.8, 4) is 0 Å². The molecule has 0 aliphatic heterocycles. The average Bonchev–Trinajstić information content (AvgIpc) is 2.35. The Morgan fingerprint density at radius 3 is 2.42 bits per heavy atom. The van der Waals surface area contributed by atoms with Gasteiger partial charge in [0.25, 0.3) is 0 Å². The molecule has 4 N–H and O–H groups in total. The lowest BCUT2D eigenvalue weighted by molar-refractivity contribution is -0.122. The summed E-state index contributed by atoms with van der Waals surface area (Å²) in [5.74, 6) is -0.346. The van der Waals surface area contributed by atoms with E-state index >= 15 is 0 Å². The number of nitrogen functional groups attached to an aromatic ring is 1. The lowest BCUT2D eigenvalue weighted by atomic mass is 10.3. The van der Waals surface area contributed by atoms with E-state index < -0.39 is 16.1 Å². The van der Waals surface area contributed by atoms with Crippen LogP contribution >= 0.6 is 0 Å². The number of nitrogens with one attached hydrogen (secondary N) is 2. The highest BCUT2D eigenvalue weighted by Gasteiger charge is 2.21. The van der Waals surface area contributed by atoms with Crippen molar-refractivity contribution >= 4 is 21.6 Å². The first-order chi connectivity index (χ1) is 8.86. The molecule has 1 aromatic rings. The molecule has 0 aliphatic rings. The summed E-state index contributed by atoms with van der Waals surface area (Å²) in [6, 6.07) is 4.96. The molecule has 0 heterocycles. The third-order valence-corrected chi connectivity index (χ3v) is 4.02. The molecule has 0 saturated heterocycles. The van der Waals surface area contributed by atoms with E-state index in [1.165, 1.54) is 31.2 Å². The van der Waals surface area contributed by atoms with Gasteiger partial charge in [-0.05, 0) is 37.6 Å². The van der Waals surface area contributed by atoms with Gasteiger partial charge in [-0.25, -0.2) is 8.42 Å². The molecule has 1 atom stereocenters. The molecule has 7 heteroatoms. The number of benzene rings is 1. The van der Waals surface area contributed by atoms with E-state index in [4.69, 9.17) is 5.73 Å². The maximum Gasteiger partial charge on any atom is 0.241 e. The molecule has 0 spiro atoms. The second-order valence-corrected chi connectivity index (χ2v) is 5.92. The van der Waals surface area contributed by atoms with Crippen LogP contribution in [0.3, 0.4) is 0 Å². The van der Waals surface area contributed by atoms with Crippen LogP contribution in [-0.4, -0.2) is 26.9 Å². The highest BCUT2D eigenvalue weighted by molar-refractivity contribution is 7.89. The van der Waals surface area contributed by atoms with Crippen molar-refractivity contribution in [2.24, 2.45) is 0 Å². The van der Waals surface area contributed by atoms with Crippen molar-refractivity contribution in [3.05, 3.63) is 24.3 Å². The van der Waals surface area contributed by atoms with Crippen molar-refractivity contribution in [1.82, 2.24) is 10.0 Å². The highest BCUT2D eigenvalue weighted by atomic mass is 32.2. The van der Waals surface area contributed by atoms with Crippen molar-refractivity contribution in [3.63, 3.8) is 0 Å². The van der Waals surface area contributed by atoms with Gasteiger partial charge < -0.3 is 11.1 Å². The first-order valence-corrected chi connectivity index (χ1v) is 7.50. The first kappa shape index (κ1) is 15.5. The third kappa shape index (κ3) is 4.53. The van der Waals surface area contributed by atoms with Gasteiger partial charge in [0.1, 0.15) is 0 Å². The number of nitrogens with two attached hydrogens (primary N) is 1. The Labute approximate surface area is 113 Å². The topological polar surface area (TPSA) is 101 Å². The predicted molar refractivity (Wildman–Crippen MR) is 73.9 cm³/mol. The highest BCUT2D eigenvalue weighted by Crippen LogP contribution is 2.11. The van der Waals surface area contributed by atoms with Gasteiger partial charge in [0.05, 0.1) is 10.9 Å². The number of hydrogen-bond acceptors (Lipinski definition) is 4. The molecule has 1 amide bonds. The fourth-order valence-corrected chi connectivity index (χ4v) is 2.61. The number of anilines is 1. The van der Waals surface area contributed by atoms with Gasteiger partial charge >= 0.3 is 0 Å². The summed E-state index contributed by atoms with van der Waals surface area (Å²) in [5, 5.41) is 2.63. The van der Waals surface area contributed by atoms with Gasteiger partial charge in [-0.3, -0.25) is 4.79 Å². The largest absolute Gasteiger partial charge is 0.399 e. The van der Waals surface area contributed by atoms with Crippen molar-refractivity contribution in [2.45, 2.75) is 31.2 Å². The third-order valence-electron chi connectivity index (χ3n) is 2.46. The minimum atomic E-state index is -3.71. The molecule has 0 saturated carbocycles. The molecule has 1 aromatic carbocycles. The Morgan fingerprint density at radius 1 is 1.32 bits per heavy atom. The monoisotopic (exact) mass is 285 g/mol. The Balaban J connectivity index is 2.74. The van der Waals surface area contributed by atoms with Crippen LogP contribution in [-0.2, 0) is 14.8 Å². The minimum Gasteiger partial charge on any atom is -0.399 e. The van der Waals surface area contributed by atoms with Crippen LogP contribution in [0, 0.1) is 0 Å². The molecular formula is C12H19N3O3S. The molecule has 6 nitrogen and oxygen atoms in total. The van der Waals surface area contributed by atoms with Crippen LogP contribution < -0.4 is 15.8 Å². The van der Waals surface area contributed by atoms with Crippen LogP contribution in [0.2, 0.25) is 0 Å². The number of rotatable bonds is 6. The van der Waals surface area contributed by atoms with E-state index in [9.17, 15) is 13.2 Å². The normalized spacial score (nSPS) is 12.9. The molecule has 19 heavy (non-hydrogen) atoms. The smallest absolute Gasteiger partial charge is 0.241 e. The summed E-state index contributed by atoms with van der Waals surface area (Å²) in [6.45, 7) is 3.94. The second kappa shape index (κ2) is 6.53. The van der Waals surface area contributed by atoms with E-state index in [0.717, 1.165) is 6.42 Å². The summed E-state index contributed by atoms with van der Waals surface area (Å²) < 4.78 is 26.3. The SMILES string of the molecule is CCCNC(=O)C(C)NS(=O)(=O)c1ccc(N)cc1. The molecule has 0 radical (unpaired) electrons. The summed E-state index contributed by atoms with van der Waals surface area (Å²) in [5.41, 5.74) is 5.97. The second-order valence-electron chi connectivity index (χ2n) is 4.20. The van der Waals surface area contributed by atoms with Gasteiger partial charge in [-0.15, -0.1) is 0 Å². The zero-order valence-electron chi connectivity index (χ0n) is 11.0. The zero-order chi connectivity index (χ0) is 14.5. The van der Waals surface area contributed by atoms with E-state index in [2.05, 4.69) is 10.0 Å². The molecular weight excluding hydrogens is 266 g/mol. The summed E-state index contributed by atoms with van der Waals surface area (Å²) in [6.07, 6.45) is 0.795. The fourth-order valence-electron chi connectivity index (χ4n) is 1.40. The molecule has 0 bridgehead atoms. The van der Waals surface area contributed by atoms with Gasteiger partial charge in [-0.2, -0.15) is 4.72 Å². The Hall–Kier alpha value is -1.60. The van der Waals surface area contributed by atoms with Crippen LogP contribution in [0.25, 0.3) is 0 Å².